The van der Waals surface area contributed by atoms with E-state index in [0.717, 1.165) is 11.3 Å². The molecule has 7 nitrogen and oxygen atoms in total. The molecule has 0 aromatic heterocycles. The first-order chi connectivity index (χ1) is 12.8. The smallest absolute Gasteiger partial charge is 0.253 e. The van der Waals surface area contributed by atoms with E-state index in [1.807, 2.05) is 13.0 Å². The molecular formula is C20H24N4O3. The van der Waals surface area contributed by atoms with E-state index in [9.17, 15) is 14.4 Å². The molecule has 0 aliphatic rings. The fourth-order valence-electron chi connectivity index (χ4n) is 2.46. The van der Waals surface area contributed by atoms with Crippen molar-refractivity contribution in [3.8, 4) is 0 Å². The summed E-state index contributed by atoms with van der Waals surface area (Å²) in [5.74, 6) is -0.530. The third-order valence-corrected chi connectivity index (χ3v) is 3.80. The zero-order chi connectivity index (χ0) is 20.0. The topological polar surface area (TPSA) is 90.5 Å². The summed E-state index contributed by atoms with van der Waals surface area (Å²) in [7, 11) is 3.35. The molecule has 0 unspecified atom stereocenters. The normalized spacial score (nSPS) is 10.1. The number of aryl methyl sites for hydroxylation is 1. The van der Waals surface area contributed by atoms with Gasteiger partial charge in [0.2, 0.25) is 11.8 Å². The predicted octanol–water partition coefficient (Wildman–Crippen LogP) is 2.71. The predicted molar refractivity (Wildman–Crippen MR) is 107 cm³/mol. The van der Waals surface area contributed by atoms with Crippen LogP contribution in [0.1, 0.15) is 22.8 Å². The molecule has 0 bridgehead atoms. The Morgan fingerprint density at radius 2 is 1.67 bits per heavy atom. The largest absolute Gasteiger partial charge is 0.376 e. The SMILES string of the molecule is CC(=O)Nc1ccc(C)c(NCC(=O)Nc2cccc(C(=O)N(C)C)c2)c1. The Bertz CT molecular complexity index is 862. The summed E-state index contributed by atoms with van der Waals surface area (Å²) < 4.78 is 0. The molecule has 2 aromatic rings. The van der Waals surface area contributed by atoms with E-state index in [4.69, 9.17) is 0 Å². The number of nitrogens with one attached hydrogen (secondary N) is 3. The van der Waals surface area contributed by atoms with Gasteiger partial charge in [-0.25, -0.2) is 0 Å². The Kier molecular flexibility index (Phi) is 6.54. The van der Waals surface area contributed by atoms with Gasteiger partial charge in [0.1, 0.15) is 0 Å². The van der Waals surface area contributed by atoms with E-state index in [-0.39, 0.29) is 24.3 Å². The van der Waals surface area contributed by atoms with Crippen LogP contribution in [-0.4, -0.2) is 43.3 Å². The molecule has 3 amide bonds. The van der Waals surface area contributed by atoms with Crippen molar-refractivity contribution < 1.29 is 14.4 Å². The molecule has 0 aliphatic heterocycles. The van der Waals surface area contributed by atoms with Gasteiger partial charge in [-0.3, -0.25) is 14.4 Å². The summed E-state index contributed by atoms with van der Waals surface area (Å²) >= 11 is 0. The molecule has 3 N–H and O–H groups in total. The fourth-order valence-corrected chi connectivity index (χ4v) is 2.46. The van der Waals surface area contributed by atoms with Crippen LogP contribution in [0.25, 0.3) is 0 Å². The van der Waals surface area contributed by atoms with Crippen molar-refractivity contribution in [2.24, 2.45) is 0 Å². The number of carbonyl (C=O) groups excluding carboxylic acids is 3. The van der Waals surface area contributed by atoms with Crippen molar-refractivity contribution >= 4 is 34.8 Å². The van der Waals surface area contributed by atoms with Crippen molar-refractivity contribution in [2.75, 3.05) is 36.6 Å². The van der Waals surface area contributed by atoms with Crippen LogP contribution in [0, 0.1) is 6.92 Å². The lowest BCUT2D eigenvalue weighted by molar-refractivity contribution is -0.115. The molecule has 0 heterocycles. The summed E-state index contributed by atoms with van der Waals surface area (Å²) in [4.78, 5) is 36.9. The number of hydrogen-bond acceptors (Lipinski definition) is 4. The summed E-state index contributed by atoms with van der Waals surface area (Å²) in [6.45, 7) is 3.40. The van der Waals surface area contributed by atoms with Crippen LogP contribution >= 0.6 is 0 Å². The van der Waals surface area contributed by atoms with Gasteiger partial charge in [-0.2, -0.15) is 0 Å². The lowest BCUT2D eigenvalue weighted by atomic mass is 10.1. The molecule has 142 valence electrons. The molecule has 2 rings (SSSR count). The minimum Gasteiger partial charge on any atom is -0.376 e. The van der Waals surface area contributed by atoms with Crippen molar-refractivity contribution in [1.82, 2.24) is 4.90 Å². The maximum atomic E-state index is 12.2. The first-order valence-electron chi connectivity index (χ1n) is 8.50. The van der Waals surface area contributed by atoms with Gasteiger partial charge in [0.25, 0.3) is 5.91 Å². The van der Waals surface area contributed by atoms with Gasteiger partial charge < -0.3 is 20.9 Å². The van der Waals surface area contributed by atoms with Crippen LogP contribution in [0.3, 0.4) is 0 Å². The molecule has 7 heteroatoms. The second kappa shape index (κ2) is 8.84. The highest BCUT2D eigenvalue weighted by atomic mass is 16.2. The zero-order valence-corrected chi connectivity index (χ0v) is 15.9. The van der Waals surface area contributed by atoms with Gasteiger partial charge in [-0.1, -0.05) is 12.1 Å². The molecule has 0 fully saturated rings. The quantitative estimate of drug-likeness (QED) is 0.731. The Balaban J connectivity index is 2.00. The monoisotopic (exact) mass is 368 g/mol. The van der Waals surface area contributed by atoms with E-state index in [1.165, 1.54) is 11.8 Å². The number of anilines is 3. The highest BCUT2D eigenvalue weighted by Gasteiger charge is 2.10. The van der Waals surface area contributed by atoms with Crippen LogP contribution in [0.4, 0.5) is 17.1 Å². The van der Waals surface area contributed by atoms with Crippen molar-refractivity contribution in [3.05, 3.63) is 53.6 Å². The lowest BCUT2D eigenvalue weighted by Crippen LogP contribution is -2.23. The van der Waals surface area contributed by atoms with Crippen molar-refractivity contribution in [1.29, 1.82) is 0 Å². The number of benzene rings is 2. The number of nitrogens with zero attached hydrogens (tertiary/aromatic N) is 1. The summed E-state index contributed by atoms with van der Waals surface area (Å²) in [5, 5.41) is 8.54. The van der Waals surface area contributed by atoms with Crippen LogP contribution < -0.4 is 16.0 Å². The van der Waals surface area contributed by atoms with E-state index in [2.05, 4.69) is 16.0 Å². The number of carbonyl (C=O) groups is 3. The van der Waals surface area contributed by atoms with Gasteiger partial charge in [0.05, 0.1) is 6.54 Å². The van der Waals surface area contributed by atoms with Crippen LogP contribution in [0.5, 0.6) is 0 Å². The minimum absolute atomic E-state index is 0.0518. The summed E-state index contributed by atoms with van der Waals surface area (Å²) in [6.07, 6.45) is 0. The van der Waals surface area contributed by atoms with Gasteiger partial charge in [0, 0.05) is 43.6 Å². The first-order valence-corrected chi connectivity index (χ1v) is 8.50. The Morgan fingerprint density at radius 3 is 2.33 bits per heavy atom. The lowest BCUT2D eigenvalue weighted by Gasteiger charge is -2.13. The third kappa shape index (κ3) is 5.85. The number of rotatable bonds is 6. The van der Waals surface area contributed by atoms with Gasteiger partial charge in [-0.15, -0.1) is 0 Å². The third-order valence-electron chi connectivity index (χ3n) is 3.80. The molecule has 0 radical (unpaired) electrons. The molecule has 0 spiro atoms. The average molecular weight is 368 g/mol. The molecule has 0 aliphatic carbocycles. The fraction of sp³-hybridized carbons (Fsp3) is 0.250. The molecule has 27 heavy (non-hydrogen) atoms. The maximum absolute atomic E-state index is 12.2. The van der Waals surface area contributed by atoms with Crippen molar-refractivity contribution in [3.63, 3.8) is 0 Å². The maximum Gasteiger partial charge on any atom is 0.253 e. The zero-order valence-electron chi connectivity index (χ0n) is 15.9. The first kappa shape index (κ1) is 20.0. The second-order valence-electron chi connectivity index (χ2n) is 6.39. The van der Waals surface area contributed by atoms with Crippen LogP contribution in [-0.2, 0) is 9.59 Å². The van der Waals surface area contributed by atoms with Gasteiger partial charge >= 0.3 is 0 Å². The highest BCUT2D eigenvalue weighted by molar-refractivity contribution is 5.98. The van der Waals surface area contributed by atoms with Gasteiger partial charge in [0.15, 0.2) is 0 Å². The number of hydrogen-bond donors (Lipinski definition) is 3. The molecule has 2 aromatic carbocycles. The second-order valence-corrected chi connectivity index (χ2v) is 6.39. The average Bonchev–Trinajstić information content (AvgIpc) is 2.61. The van der Waals surface area contributed by atoms with Gasteiger partial charge in [-0.05, 0) is 42.8 Å². The molecule has 0 saturated heterocycles. The van der Waals surface area contributed by atoms with E-state index in [1.54, 1.807) is 50.5 Å². The van der Waals surface area contributed by atoms with E-state index < -0.39 is 0 Å². The standard InChI is InChI=1S/C20H24N4O3/c1-13-8-9-17(22-14(2)25)11-18(13)21-12-19(26)23-16-7-5-6-15(10-16)20(27)24(3)4/h5-11,21H,12H2,1-4H3,(H,22,25)(H,23,26). The Morgan fingerprint density at radius 1 is 0.963 bits per heavy atom. The van der Waals surface area contributed by atoms with Crippen LogP contribution in [0.15, 0.2) is 42.5 Å². The van der Waals surface area contributed by atoms with Crippen LogP contribution in [0.2, 0.25) is 0 Å². The molecular weight excluding hydrogens is 344 g/mol. The van der Waals surface area contributed by atoms with E-state index in [0.29, 0.717) is 16.9 Å². The summed E-state index contributed by atoms with van der Waals surface area (Å²) in [6, 6.07) is 12.2. The summed E-state index contributed by atoms with van der Waals surface area (Å²) in [5.41, 5.74) is 3.43. The van der Waals surface area contributed by atoms with Crippen molar-refractivity contribution in [2.45, 2.75) is 13.8 Å². The Labute approximate surface area is 158 Å². The number of amides is 3. The van der Waals surface area contributed by atoms with E-state index >= 15 is 0 Å². The molecule has 0 atom stereocenters. The minimum atomic E-state index is -0.242. The highest BCUT2D eigenvalue weighted by Crippen LogP contribution is 2.20. The molecule has 0 saturated carbocycles. The Hall–Kier alpha value is -3.35.